The Balaban J connectivity index is 0.000000642. The third-order valence-corrected chi connectivity index (χ3v) is 6.48. The first-order valence-electron chi connectivity index (χ1n) is 14.2. The maximum absolute atomic E-state index is 10.9. The Labute approximate surface area is 237 Å². The van der Waals surface area contributed by atoms with E-state index in [-0.39, 0.29) is 38.8 Å². The molecule has 0 unspecified atom stereocenters. The van der Waals surface area contributed by atoms with Gasteiger partial charge in [0.15, 0.2) is 0 Å². The number of aryl methyl sites for hydroxylation is 2. The van der Waals surface area contributed by atoms with Crippen LogP contribution in [0.15, 0.2) is 48.5 Å². The molecule has 0 N–H and O–H groups in total. The SMILES string of the molecule is CCCCCCCCCCc1ccc([O-])cc1.CCCCCCCCCCc1ccc([O-])cc1.[Cd+2]. The number of unbranched alkanes of at least 4 members (excludes halogenated alkanes) is 14. The molecule has 0 radical (unpaired) electrons. The van der Waals surface area contributed by atoms with Crippen molar-refractivity contribution in [3.63, 3.8) is 0 Å². The normalized spacial score (nSPS) is 10.3. The Bertz CT molecular complexity index is 620. The number of rotatable bonds is 18. The Morgan fingerprint density at radius 3 is 0.943 bits per heavy atom. The Hall–Kier alpha value is -1.04. The summed E-state index contributed by atoms with van der Waals surface area (Å²) in [4.78, 5) is 0. The van der Waals surface area contributed by atoms with Gasteiger partial charge in [-0.25, -0.2) is 0 Å². The summed E-state index contributed by atoms with van der Waals surface area (Å²) in [5, 5.41) is 21.8. The molecule has 0 spiro atoms. The monoisotopic (exact) mass is 580 g/mol. The van der Waals surface area contributed by atoms with Crippen molar-refractivity contribution in [2.45, 2.75) is 129 Å². The third kappa shape index (κ3) is 20.8. The Kier molecular flexibility index (Phi) is 23.9. The van der Waals surface area contributed by atoms with Crippen LogP contribution in [0.3, 0.4) is 0 Å². The van der Waals surface area contributed by atoms with Gasteiger partial charge in [0.2, 0.25) is 0 Å². The molecule has 2 aromatic rings. The van der Waals surface area contributed by atoms with Gasteiger partial charge in [0.25, 0.3) is 0 Å². The quantitative estimate of drug-likeness (QED) is 0.131. The van der Waals surface area contributed by atoms with Crippen molar-refractivity contribution in [1.82, 2.24) is 0 Å². The van der Waals surface area contributed by atoms with Crippen LogP contribution in [-0.2, 0) is 40.1 Å². The van der Waals surface area contributed by atoms with E-state index in [4.69, 9.17) is 0 Å². The molecule has 0 aliphatic rings. The van der Waals surface area contributed by atoms with Gasteiger partial charge in [-0.3, -0.25) is 0 Å². The minimum Gasteiger partial charge on any atom is -0.872 e. The average Bonchev–Trinajstić information content (AvgIpc) is 2.85. The summed E-state index contributed by atoms with van der Waals surface area (Å²) in [6, 6.07) is 14.5. The molecule has 0 aliphatic carbocycles. The van der Waals surface area contributed by atoms with Crippen LogP contribution in [0.4, 0.5) is 0 Å². The maximum atomic E-state index is 10.9. The topological polar surface area (TPSA) is 46.1 Å². The largest absolute Gasteiger partial charge is 2.00 e. The van der Waals surface area contributed by atoms with Gasteiger partial charge in [0.05, 0.1) is 0 Å². The summed E-state index contributed by atoms with van der Waals surface area (Å²) in [7, 11) is 0. The van der Waals surface area contributed by atoms with Gasteiger partial charge in [-0.1, -0.05) is 152 Å². The van der Waals surface area contributed by atoms with E-state index in [1.165, 1.54) is 114 Å². The molecule has 2 nitrogen and oxygen atoms in total. The minimum absolute atomic E-state index is 0. The predicted octanol–water partition coefficient (Wildman–Crippen LogP) is 8.88. The van der Waals surface area contributed by atoms with E-state index in [0.29, 0.717) is 0 Å². The third-order valence-electron chi connectivity index (χ3n) is 6.48. The average molecular weight is 579 g/mol. The molecule has 0 aliphatic heterocycles. The van der Waals surface area contributed by atoms with Crippen LogP contribution >= 0.6 is 0 Å². The van der Waals surface area contributed by atoms with E-state index < -0.39 is 0 Å². The predicted molar refractivity (Wildman–Crippen MR) is 144 cm³/mol. The summed E-state index contributed by atoms with van der Waals surface area (Å²) >= 11 is 0. The van der Waals surface area contributed by atoms with Crippen molar-refractivity contribution in [1.29, 1.82) is 0 Å². The molecule has 0 saturated carbocycles. The first-order valence-corrected chi connectivity index (χ1v) is 14.2. The number of hydrogen-bond donors (Lipinski definition) is 0. The summed E-state index contributed by atoms with van der Waals surface area (Å²) in [5.74, 6) is 0.231. The van der Waals surface area contributed by atoms with Crippen molar-refractivity contribution < 1.29 is 37.5 Å². The van der Waals surface area contributed by atoms with Gasteiger partial charge < -0.3 is 10.2 Å². The summed E-state index contributed by atoms with van der Waals surface area (Å²) in [6.45, 7) is 4.51. The van der Waals surface area contributed by atoms with E-state index in [9.17, 15) is 10.2 Å². The van der Waals surface area contributed by atoms with E-state index in [1.807, 2.05) is 24.3 Å². The van der Waals surface area contributed by atoms with E-state index >= 15 is 0 Å². The standard InChI is InChI=1S/2C16H26O.Cd/c2*1-2-3-4-5-6-7-8-9-10-15-11-13-16(17)14-12-15;/h2*11-14,17H,2-10H2,1H3;/q;;+2/p-2. The zero-order chi connectivity index (χ0) is 24.7. The zero-order valence-electron chi connectivity index (χ0n) is 22.9. The van der Waals surface area contributed by atoms with Gasteiger partial charge in [-0.05, 0) is 36.8 Å². The molecule has 0 fully saturated rings. The summed E-state index contributed by atoms with van der Waals surface area (Å²) in [6.07, 6.45) is 24.0. The molecule has 0 amide bonds. The van der Waals surface area contributed by atoms with Crippen molar-refractivity contribution in [2.75, 3.05) is 0 Å². The van der Waals surface area contributed by atoms with Crippen LogP contribution in [0.2, 0.25) is 0 Å². The van der Waals surface area contributed by atoms with Crippen LogP contribution in [0.25, 0.3) is 0 Å². The molecule has 0 bridgehead atoms. The molecular formula is C32H50CdO2. The molecule has 2 aromatic carbocycles. The van der Waals surface area contributed by atoms with Crippen LogP contribution in [0, 0.1) is 0 Å². The van der Waals surface area contributed by atoms with Crippen molar-refractivity contribution in [3.8, 4) is 11.5 Å². The first kappa shape index (κ1) is 34.0. The second kappa shape index (κ2) is 24.6. The van der Waals surface area contributed by atoms with E-state index in [1.54, 1.807) is 24.3 Å². The van der Waals surface area contributed by atoms with Crippen molar-refractivity contribution >= 4 is 0 Å². The van der Waals surface area contributed by atoms with Crippen LogP contribution in [0.5, 0.6) is 11.5 Å². The Morgan fingerprint density at radius 2 is 0.657 bits per heavy atom. The zero-order valence-corrected chi connectivity index (χ0v) is 26.9. The fourth-order valence-corrected chi connectivity index (χ4v) is 4.24. The van der Waals surface area contributed by atoms with Gasteiger partial charge in [-0.15, -0.1) is 11.5 Å². The summed E-state index contributed by atoms with van der Waals surface area (Å²) in [5.41, 5.74) is 2.60. The number of benzene rings is 2. The van der Waals surface area contributed by atoms with Crippen LogP contribution in [-0.4, -0.2) is 0 Å². The maximum Gasteiger partial charge on any atom is 2.00 e. The van der Waals surface area contributed by atoms with Crippen molar-refractivity contribution in [2.24, 2.45) is 0 Å². The van der Waals surface area contributed by atoms with Gasteiger partial charge in [0, 0.05) is 0 Å². The second-order valence-corrected chi connectivity index (χ2v) is 9.74. The number of hydrogen-bond acceptors (Lipinski definition) is 2. The first-order chi connectivity index (χ1) is 16.7. The molecule has 0 heterocycles. The summed E-state index contributed by atoms with van der Waals surface area (Å²) < 4.78 is 0. The van der Waals surface area contributed by atoms with Crippen LogP contribution in [0.1, 0.15) is 128 Å². The van der Waals surface area contributed by atoms with Crippen LogP contribution < -0.4 is 10.2 Å². The van der Waals surface area contributed by atoms with Gasteiger partial charge in [-0.2, -0.15) is 0 Å². The van der Waals surface area contributed by atoms with E-state index in [0.717, 1.165) is 12.8 Å². The second-order valence-electron chi connectivity index (χ2n) is 9.74. The molecule has 35 heavy (non-hydrogen) atoms. The van der Waals surface area contributed by atoms with Gasteiger partial charge >= 0.3 is 27.3 Å². The molecule has 2 rings (SSSR count). The van der Waals surface area contributed by atoms with Crippen molar-refractivity contribution in [3.05, 3.63) is 59.7 Å². The fourth-order valence-electron chi connectivity index (χ4n) is 4.24. The van der Waals surface area contributed by atoms with Gasteiger partial charge in [0.1, 0.15) is 0 Å². The Morgan fingerprint density at radius 1 is 0.400 bits per heavy atom. The molecule has 0 atom stereocenters. The molecule has 0 saturated heterocycles. The van der Waals surface area contributed by atoms with E-state index in [2.05, 4.69) is 13.8 Å². The molecule has 3 heteroatoms. The molecular weight excluding hydrogens is 529 g/mol. The molecule has 192 valence electrons. The smallest absolute Gasteiger partial charge is 0.872 e. The fraction of sp³-hybridized carbons (Fsp3) is 0.625. The molecule has 0 aromatic heterocycles. The minimum atomic E-state index is 0.